The number of rotatable bonds is 8. The average Bonchev–Trinajstić information content (AvgIpc) is 3.31. The first kappa shape index (κ1) is 22.7. The third-order valence-corrected chi connectivity index (χ3v) is 6.82. The van der Waals surface area contributed by atoms with Crippen molar-refractivity contribution in [1.29, 1.82) is 5.26 Å². The number of para-hydroxylation sites is 1. The highest BCUT2D eigenvalue weighted by Crippen LogP contribution is 2.25. The summed E-state index contributed by atoms with van der Waals surface area (Å²) in [6, 6.07) is 15.2. The van der Waals surface area contributed by atoms with Crippen LogP contribution in [0.3, 0.4) is 0 Å². The Kier molecular flexibility index (Phi) is 7.17. The predicted octanol–water partition coefficient (Wildman–Crippen LogP) is 4.19. The molecule has 0 spiro atoms. The van der Waals surface area contributed by atoms with Crippen LogP contribution in [0.1, 0.15) is 17.5 Å². The number of pyridine rings is 1. The van der Waals surface area contributed by atoms with E-state index >= 15 is 0 Å². The number of nitrogens with zero attached hydrogens (tertiary/aromatic N) is 5. The number of hydrogen-bond acceptors (Lipinski definition) is 7. The standard InChI is InChI=1S/C24H21N5O2S2/c1-17-6-2-3-8-20(17)29-23(31)19-9-13-32-22(19)27-24(29)33-16-21(30)28(12-5-10-25)15-18-7-4-11-26-14-18/h2-4,6-9,11,13-14H,5,12,15-16H2,1H3. The summed E-state index contributed by atoms with van der Waals surface area (Å²) >= 11 is 2.63. The summed E-state index contributed by atoms with van der Waals surface area (Å²) in [7, 11) is 0. The van der Waals surface area contributed by atoms with Crippen LogP contribution in [0.5, 0.6) is 0 Å². The van der Waals surface area contributed by atoms with Crippen LogP contribution in [-0.2, 0) is 11.3 Å². The number of thiophene rings is 1. The van der Waals surface area contributed by atoms with Crippen molar-refractivity contribution in [3.05, 3.63) is 81.7 Å². The van der Waals surface area contributed by atoms with Crippen molar-refractivity contribution >= 4 is 39.2 Å². The van der Waals surface area contributed by atoms with E-state index in [-0.39, 0.29) is 23.6 Å². The molecule has 7 nitrogen and oxygen atoms in total. The molecule has 0 saturated carbocycles. The highest BCUT2D eigenvalue weighted by Gasteiger charge is 2.19. The summed E-state index contributed by atoms with van der Waals surface area (Å²) in [5.74, 6) is -0.0306. The molecule has 3 heterocycles. The first-order valence-electron chi connectivity index (χ1n) is 10.3. The Bertz CT molecular complexity index is 1380. The van der Waals surface area contributed by atoms with Gasteiger partial charge in [0.2, 0.25) is 5.91 Å². The van der Waals surface area contributed by atoms with Gasteiger partial charge in [0.25, 0.3) is 5.56 Å². The van der Waals surface area contributed by atoms with Gasteiger partial charge in [-0.3, -0.25) is 19.1 Å². The lowest BCUT2D eigenvalue weighted by Crippen LogP contribution is -2.33. The number of aromatic nitrogens is 3. The molecule has 3 aromatic heterocycles. The maximum absolute atomic E-state index is 13.3. The summed E-state index contributed by atoms with van der Waals surface area (Å²) in [6.07, 6.45) is 3.63. The molecule has 0 radical (unpaired) electrons. The van der Waals surface area contributed by atoms with Crippen LogP contribution < -0.4 is 5.56 Å². The monoisotopic (exact) mass is 475 g/mol. The number of amides is 1. The van der Waals surface area contributed by atoms with Crippen LogP contribution in [0.2, 0.25) is 0 Å². The molecule has 0 atom stereocenters. The van der Waals surface area contributed by atoms with Gasteiger partial charge in [-0.05, 0) is 41.6 Å². The second-order valence-corrected chi connectivity index (χ2v) is 9.17. The summed E-state index contributed by atoms with van der Waals surface area (Å²) in [6.45, 7) is 2.64. The van der Waals surface area contributed by atoms with Crippen LogP contribution in [-0.4, -0.2) is 37.6 Å². The maximum Gasteiger partial charge on any atom is 0.267 e. The zero-order chi connectivity index (χ0) is 23.2. The summed E-state index contributed by atoms with van der Waals surface area (Å²) in [4.78, 5) is 37.5. The zero-order valence-electron chi connectivity index (χ0n) is 18.0. The number of thioether (sulfide) groups is 1. The van der Waals surface area contributed by atoms with Gasteiger partial charge in [0, 0.05) is 25.5 Å². The molecular weight excluding hydrogens is 454 g/mol. The van der Waals surface area contributed by atoms with Gasteiger partial charge in [-0.15, -0.1) is 11.3 Å². The van der Waals surface area contributed by atoms with Crippen molar-refractivity contribution in [3.8, 4) is 11.8 Å². The zero-order valence-corrected chi connectivity index (χ0v) is 19.6. The minimum atomic E-state index is -0.151. The van der Waals surface area contributed by atoms with Crippen molar-refractivity contribution < 1.29 is 4.79 Å². The Hall–Kier alpha value is -3.48. The normalized spacial score (nSPS) is 10.8. The second-order valence-electron chi connectivity index (χ2n) is 7.33. The quantitative estimate of drug-likeness (QED) is 0.280. The fourth-order valence-corrected chi connectivity index (χ4v) is 5.14. The minimum absolute atomic E-state index is 0.0981. The van der Waals surface area contributed by atoms with Crippen molar-refractivity contribution in [3.63, 3.8) is 0 Å². The van der Waals surface area contributed by atoms with Gasteiger partial charge in [-0.1, -0.05) is 36.0 Å². The first-order chi connectivity index (χ1) is 16.1. The van der Waals surface area contributed by atoms with Crippen molar-refractivity contribution in [2.24, 2.45) is 0 Å². The number of hydrogen-bond donors (Lipinski definition) is 0. The van der Waals surface area contributed by atoms with E-state index in [0.717, 1.165) is 16.8 Å². The van der Waals surface area contributed by atoms with Gasteiger partial charge in [-0.25, -0.2) is 4.98 Å². The van der Waals surface area contributed by atoms with Gasteiger partial charge in [-0.2, -0.15) is 5.26 Å². The molecule has 1 amide bonds. The number of carbonyl (C=O) groups is 1. The molecule has 0 fully saturated rings. The number of nitriles is 1. The largest absolute Gasteiger partial charge is 0.337 e. The number of aryl methyl sites for hydroxylation is 1. The van der Waals surface area contributed by atoms with E-state index in [0.29, 0.717) is 28.5 Å². The maximum atomic E-state index is 13.3. The molecule has 1 aromatic carbocycles. The Morgan fingerprint density at radius 3 is 2.85 bits per heavy atom. The van der Waals surface area contributed by atoms with E-state index in [9.17, 15) is 9.59 Å². The predicted molar refractivity (Wildman–Crippen MR) is 131 cm³/mol. The lowest BCUT2D eigenvalue weighted by Gasteiger charge is -2.22. The summed E-state index contributed by atoms with van der Waals surface area (Å²) in [5, 5.41) is 11.9. The highest BCUT2D eigenvalue weighted by atomic mass is 32.2. The lowest BCUT2D eigenvalue weighted by molar-refractivity contribution is -0.128. The molecular formula is C24H21N5O2S2. The molecule has 0 aliphatic heterocycles. The fourth-order valence-electron chi connectivity index (χ4n) is 3.42. The van der Waals surface area contributed by atoms with Crippen molar-refractivity contribution in [2.75, 3.05) is 12.3 Å². The molecule has 0 unspecified atom stereocenters. The molecule has 4 rings (SSSR count). The van der Waals surface area contributed by atoms with Crippen LogP contribution >= 0.6 is 23.1 Å². The van der Waals surface area contributed by atoms with Gasteiger partial charge in [0.05, 0.1) is 29.3 Å². The van der Waals surface area contributed by atoms with Crippen LogP contribution in [0.25, 0.3) is 15.9 Å². The number of benzene rings is 1. The van der Waals surface area contributed by atoms with E-state index < -0.39 is 0 Å². The molecule has 9 heteroatoms. The Balaban J connectivity index is 1.63. The number of fused-ring (bicyclic) bond motifs is 1. The minimum Gasteiger partial charge on any atom is -0.337 e. The van der Waals surface area contributed by atoms with Gasteiger partial charge < -0.3 is 4.90 Å². The van der Waals surface area contributed by atoms with E-state index in [1.165, 1.54) is 23.1 Å². The van der Waals surface area contributed by atoms with Gasteiger partial charge >= 0.3 is 0 Å². The Morgan fingerprint density at radius 2 is 2.09 bits per heavy atom. The molecule has 0 aliphatic rings. The number of carbonyl (C=O) groups excluding carboxylic acids is 1. The van der Waals surface area contributed by atoms with E-state index in [1.807, 2.05) is 48.7 Å². The molecule has 0 saturated heterocycles. The van der Waals surface area contributed by atoms with Crippen molar-refractivity contribution in [1.82, 2.24) is 19.4 Å². The first-order valence-corrected chi connectivity index (χ1v) is 12.2. The highest BCUT2D eigenvalue weighted by molar-refractivity contribution is 7.99. The average molecular weight is 476 g/mol. The topological polar surface area (TPSA) is 91.9 Å². The summed E-state index contributed by atoms with van der Waals surface area (Å²) in [5.41, 5.74) is 2.43. The van der Waals surface area contributed by atoms with Gasteiger partial charge in [0.15, 0.2) is 5.16 Å². The Labute approximate surface area is 199 Å². The van der Waals surface area contributed by atoms with E-state index in [2.05, 4.69) is 11.1 Å². The SMILES string of the molecule is Cc1ccccc1-n1c(SCC(=O)N(CCC#N)Cc2cccnc2)nc2sccc2c1=O. The van der Waals surface area contributed by atoms with E-state index in [4.69, 9.17) is 10.2 Å². The van der Waals surface area contributed by atoms with Gasteiger partial charge in [0.1, 0.15) is 4.83 Å². The molecule has 0 aliphatic carbocycles. The molecule has 33 heavy (non-hydrogen) atoms. The van der Waals surface area contributed by atoms with Crippen molar-refractivity contribution in [2.45, 2.75) is 25.0 Å². The third-order valence-electron chi connectivity index (χ3n) is 5.09. The van der Waals surface area contributed by atoms with Crippen LogP contribution in [0.4, 0.5) is 0 Å². The lowest BCUT2D eigenvalue weighted by atomic mass is 10.2. The third kappa shape index (κ3) is 5.13. The summed E-state index contributed by atoms with van der Waals surface area (Å²) < 4.78 is 1.59. The molecule has 0 bridgehead atoms. The molecule has 4 aromatic rings. The second kappa shape index (κ2) is 10.4. The molecule has 0 N–H and O–H groups in total. The van der Waals surface area contributed by atoms with E-state index in [1.54, 1.807) is 27.9 Å². The molecule has 166 valence electrons. The van der Waals surface area contributed by atoms with Crippen LogP contribution in [0, 0.1) is 18.3 Å². The Morgan fingerprint density at radius 1 is 1.24 bits per heavy atom. The fraction of sp³-hybridized carbons (Fsp3) is 0.208. The smallest absolute Gasteiger partial charge is 0.267 e. The van der Waals surface area contributed by atoms with Crippen LogP contribution in [0.15, 0.2) is 70.2 Å².